The molecule has 0 radical (unpaired) electrons. The summed E-state index contributed by atoms with van der Waals surface area (Å²) in [6.45, 7) is 7.21. The number of likely N-dealkylation sites (tertiary alicyclic amines) is 1. The SMILES string of the molecule is Cc1ccc(CN2CCCC2N(Cc2ccccc2C)c2ccc(C#N)c(Cl)c2)s1. The molecule has 30 heavy (non-hydrogen) atoms. The average Bonchev–Trinajstić information content (AvgIpc) is 3.36. The summed E-state index contributed by atoms with van der Waals surface area (Å²) in [4.78, 5) is 7.81. The van der Waals surface area contributed by atoms with E-state index in [0.29, 0.717) is 16.8 Å². The Labute approximate surface area is 188 Å². The minimum Gasteiger partial charge on any atom is -0.351 e. The first-order valence-electron chi connectivity index (χ1n) is 10.4. The molecule has 0 spiro atoms. The van der Waals surface area contributed by atoms with Crippen molar-refractivity contribution in [3.05, 3.63) is 86.1 Å². The second kappa shape index (κ2) is 9.22. The number of aryl methyl sites for hydroxylation is 2. The Morgan fingerprint density at radius 2 is 2.00 bits per heavy atom. The van der Waals surface area contributed by atoms with E-state index in [1.807, 2.05) is 29.5 Å². The number of anilines is 1. The first kappa shape index (κ1) is 20.9. The van der Waals surface area contributed by atoms with Gasteiger partial charge in [0.15, 0.2) is 0 Å². The van der Waals surface area contributed by atoms with E-state index in [0.717, 1.165) is 31.7 Å². The van der Waals surface area contributed by atoms with Crippen molar-refractivity contribution in [1.82, 2.24) is 4.90 Å². The average molecular weight is 436 g/mol. The van der Waals surface area contributed by atoms with Crippen molar-refractivity contribution in [2.24, 2.45) is 0 Å². The van der Waals surface area contributed by atoms with Crippen molar-refractivity contribution < 1.29 is 0 Å². The maximum atomic E-state index is 9.28. The number of rotatable bonds is 6. The number of nitriles is 1. The molecule has 1 aromatic heterocycles. The van der Waals surface area contributed by atoms with Crippen molar-refractivity contribution >= 4 is 28.6 Å². The summed E-state index contributed by atoms with van der Waals surface area (Å²) in [5.41, 5.74) is 4.20. The smallest absolute Gasteiger partial charge is 0.101 e. The Balaban J connectivity index is 1.67. The van der Waals surface area contributed by atoms with Gasteiger partial charge in [-0.25, -0.2) is 0 Å². The number of nitrogens with zero attached hydrogens (tertiary/aromatic N) is 3. The van der Waals surface area contributed by atoms with Crippen molar-refractivity contribution in [2.75, 3.05) is 11.4 Å². The molecular formula is C25H26ClN3S. The molecule has 5 heteroatoms. The third kappa shape index (κ3) is 4.54. The molecule has 0 amide bonds. The second-order valence-electron chi connectivity index (χ2n) is 7.94. The highest BCUT2D eigenvalue weighted by Gasteiger charge is 2.31. The molecule has 1 fully saturated rings. The number of benzene rings is 2. The maximum absolute atomic E-state index is 9.28. The van der Waals surface area contributed by atoms with Gasteiger partial charge in [-0.05, 0) is 68.1 Å². The van der Waals surface area contributed by atoms with Crippen LogP contribution in [0.15, 0.2) is 54.6 Å². The van der Waals surface area contributed by atoms with E-state index in [2.05, 4.69) is 66.1 Å². The Bertz CT molecular complexity index is 1070. The largest absolute Gasteiger partial charge is 0.351 e. The van der Waals surface area contributed by atoms with Crippen molar-refractivity contribution in [3.63, 3.8) is 0 Å². The van der Waals surface area contributed by atoms with Gasteiger partial charge in [0.25, 0.3) is 0 Å². The molecule has 1 aliphatic heterocycles. The maximum Gasteiger partial charge on any atom is 0.101 e. The molecule has 4 rings (SSSR count). The van der Waals surface area contributed by atoms with E-state index in [4.69, 9.17) is 11.6 Å². The third-order valence-electron chi connectivity index (χ3n) is 5.85. The van der Waals surface area contributed by atoms with Crippen LogP contribution in [0, 0.1) is 25.2 Å². The van der Waals surface area contributed by atoms with E-state index < -0.39 is 0 Å². The summed E-state index contributed by atoms with van der Waals surface area (Å²) < 4.78 is 0. The van der Waals surface area contributed by atoms with E-state index in [9.17, 15) is 5.26 Å². The quantitative estimate of drug-likeness (QED) is 0.441. The highest BCUT2D eigenvalue weighted by molar-refractivity contribution is 7.11. The predicted octanol–water partition coefficient (Wildman–Crippen LogP) is 6.52. The van der Waals surface area contributed by atoms with Crippen LogP contribution >= 0.6 is 22.9 Å². The molecule has 0 saturated carbocycles. The lowest BCUT2D eigenvalue weighted by Gasteiger charge is -2.37. The van der Waals surface area contributed by atoms with Gasteiger partial charge in [0.1, 0.15) is 6.07 Å². The van der Waals surface area contributed by atoms with E-state index in [1.165, 1.54) is 27.3 Å². The van der Waals surface area contributed by atoms with Gasteiger partial charge in [-0.15, -0.1) is 11.3 Å². The zero-order chi connectivity index (χ0) is 21.1. The van der Waals surface area contributed by atoms with E-state index in [1.54, 1.807) is 0 Å². The minimum atomic E-state index is 0.302. The van der Waals surface area contributed by atoms with Crippen LogP contribution in [0.5, 0.6) is 0 Å². The Morgan fingerprint density at radius 3 is 2.70 bits per heavy atom. The highest BCUT2D eigenvalue weighted by Crippen LogP contribution is 2.33. The van der Waals surface area contributed by atoms with Crippen LogP contribution in [-0.4, -0.2) is 17.6 Å². The Morgan fingerprint density at radius 1 is 1.17 bits per heavy atom. The van der Waals surface area contributed by atoms with Crippen LogP contribution in [-0.2, 0) is 13.1 Å². The van der Waals surface area contributed by atoms with Gasteiger partial charge >= 0.3 is 0 Å². The number of hydrogen-bond acceptors (Lipinski definition) is 4. The molecule has 3 nitrogen and oxygen atoms in total. The van der Waals surface area contributed by atoms with Gasteiger partial charge in [0.2, 0.25) is 0 Å². The van der Waals surface area contributed by atoms with Crippen LogP contribution in [0.2, 0.25) is 5.02 Å². The molecule has 1 unspecified atom stereocenters. The van der Waals surface area contributed by atoms with Gasteiger partial charge in [-0.1, -0.05) is 35.9 Å². The summed E-state index contributed by atoms with van der Waals surface area (Å²) >= 11 is 8.30. The standard InChI is InChI=1S/C25H26ClN3S/c1-18-6-3-4-7-21(18)16-29(22-11-10-20(15-27)24(26)14-22)25-8-5-13-28(25)17-23-12-9-19(2)30-23/h3-4,6-7,9-12,14,25H,5,8,13,16-17H2,1-2H3. The first-order valence-corrected chi connectivity index (χ1v) is 11.5. The summed E-state index contributed by atoms with van der Waals surface area (Å²) in [7, 11) is 0. The summed E-state index contributed by atoms with van der Waals surface area (Å²) in [5, 5.41) is 9.80. The molecule has 0 aliphatic carbocycles. The van der Waals surface area contributed by atoms with Gasteiger partial charge in [0.05, 0.1) is 16.8 Å². The lowest BCUT2D eigenvalue weighted by molar-refractivity contribution is 0.238. The molecule has 1 atom stereocenters. The Kier molecular flexibility index (Phi) is 6.43. The molecule has 1 aliphatic rings. The first-order chi connectivity index (χ1) is 14.5. The monoisotopic (exact) mass is 435 g/mol. The lowest BCUT2D eigenvalue weighted by Crippen LogP contribution is -2.44. The molecule has 3 aromatic rings. The van der Waals surface area contributed by atoms with Crippen molar-refractivity contribution in [1.29, 1.82) is 5.26 Å². The fourth-order valence-corrected chi connectivity index (χ4v) is 5.36. The van der Waals surface area contributed by atoms with Gasteiger partial charge < -0.3 is 4.90 Å². The zero-order valence-electron chi connectivity index (χ0n) is 17.4. The summed E-state index contributed by atoms with van der Waals surface area (Å²) in [5.74, 6) is 0. The molecule has 154 valence electrons. The molecule has 0 bridgehead atoms. The van der Waals surface area contributed by atoms with Gasteiger partial charge in [-0.3, -0.25) is 4.90 Å². The minimum absolute atomic E-state index is 0.302. The molecule has 2 heterocycles. The summed E-state index contributed by atoms with van der Waals surface area (Å²) in [6, 6.07) is 21.0. The molecule has 1 saturated heterocycles. The van der Waals surface area contributed by atoms with Crippen molar-refractivity contribution in [3.8, 4) is 6.07 Å². The third-order valence-corrected chi connectivity index (χ3v) is 7.15. The zero-order valence-corrected chi connectivity index (χ0v) is 19.0. The molecule has 2 aromatic carbocycles. The number of halogens is 1. The normalized spacial score (nSPS) is 16.5. The number of hydrogen-bond donors (Lipinski definition) is 0. The van der Waals surface area contributed by atoms with Crippen LogP contribution < -0.4 is 4.90 Å². The topological polar surface area (TPSA) is 30.3 Å². The van der Waals surface area contributed by atoms with Crippen LogP contribution in [0.4, 0.5) is 5.69 Å². The number of thiophene rings is 1. The second-order valence-corrected chi connectivity index (χ2v) is 9.72. The predicted molar refractivity (Wildman–Crippen MR) is 126 cm³/mol. The van der Waals surface area contributed by atoms with Crippen molar-refractivity contribution in [2.45, 2.75) is 45.9 Å². The Hall–Kier alpha value is -2.32. The van der Waals surface area contributed by atoms with Crippen LogP contribution in [0.25, 0.3) is 0 Å². The van der Waals surface area contributed by atoms with E-state index >= 15 is 0 Å². The summed E-state index contributed by atoms with van der Waals surface area (Å²) in [6.07, 6.45) is 2.60. The van der Waals surface area contributed by atoms with Gasteiger partial charge in [-0.2, -0.15) is 5.26 Å². The molecular weight excluding hydrogens is 410 g/mol. The fraction of sp³-hybridized carbons (Fsp3) is 0.320. The van der Waals surface area contributed by atoms with Gasteiger partial charge in [0, 0.05) is 35.1 Å². The highest BCUT2D eigenvalue weighted by atomic mass is 35.5. The lowest BCUT2D eigenvalue weighted by atomic mass is 10.1. The van der Waals surface area contributed by atoms with E-state index in [-0.39, 0.29) is 0 Å². The fourth-order valence-electron chi connectivity index (χ4n) is 4.23. The van der Waals surface area contributed by atoms with Crippen LogP contribution in [0.3, 0.4) is 0 Å². The van der Waals surface area contributed by atoms with Crippen LogP contribution in [0.1, 0.15) is 39.3 Å². The molecule has 0 N–H and O–H groups in total.